The molecular formula is C47H55N11O5. The van der Waals surface area contributed by atoms with Gasteiger partial charge in [-0.1, -0.05) is 13.0 Å². The smallest absolute Gasteiger partial charge is 0.280 e. The van der Waals surface area contributed by atoms with Gasteiger partial charge < -0.3 is 29.7 Å². The molecule has 0 saturated carbocycles. The predicted octanol–water partition coefficient (Wildman–Crippen LogP) is 4.43. The van der Waals surface area contributed by atoms with Gasteiger partial charge in [0.2, 0.25) is 23.7 Å². The number of piperazine rings is 1. The van der Waals surface area contributed by atoms with Crippen molar-refractivity contribution in [2.45, 2.75) is 65.1 Å². The molecule has 0 aliphatic carbocycles. The number of pyridine rings is 1. The summed E-state index contributed by atoms with van der Waals surface area (Å²) in [5.41, 5.74) is 8.52. The summed E-state index contributed by atoms with van der Waals surface area (Å²) in [6.45, 7) is 13.7. The number of fused-ring (bicyclic) bond motifs is 8. The standard InChI is InChI=1S/C47H55N11O5/c1-29-5-4-18-63-46-37(23-48-53(46)3)39-22-33(19-30(2)49-39)43(60)52-47-50-38-9-6-31(20-41(38)58(47)24-29)25-54-14-16-55(17-15-54)26-32-12-13-56(27-32)35-7-8-36-34(21-35)28-57(45(36)62)40-10-11-42(59)51-44(40)61/h6-9,19-23,29,32,40H,4-5,10-18,24-28H2,1-3H3,(H,50,52,60)(H,51,59,61)/t29-,32-,40?/m1/s1. The van der Waals surface area contributed by atoms with Gasteiger partial charge in [0.15, 0.2) is 0 Å². The van der Waals surface area contributed by atoms with Crippen LogP contribution in [0.1, 0.15) is 76.6 Å². The van der Waals surface area contributed by atoms with Crippen LogP contribution < -0.4 is 25.2 Å². The number of nitrogens with zero attached hydrogens (tertiary/aromatic N) is 9. The Kier molecular flexibility index (Phi) is 11.0. The van der Waals surface area contributed by atoms with Gasteiger partial charge in [0.1, 0.15) is 6.04 Å². The highest BCUT2D eigenvalue weighted by atomic mass is 16.5. The summed E-state index contributed by atoms with van der Waals surface area (Å²) in [4.78, 5) is 72.1. The highest BCUT2D eigenvalue weighted by Crippen LogP contribution is 2.37. The number of carbonyl (C=O) groups excluding carboxylic acids is 4. The maximum Gasteiger partial charge on any atom is 0.280 e. The van der Waals surface area contributed by atoms with Gasteiger partial charge >= 0.3 is 0 Å². The Morgan fingerprint density at radius 2 is 1.71 bits per heavy atom. The lowest BCUT2D eigenvalue weighted by atomic mass is 10.0. The van der Waals surface area contributed by atoms with Crippen molar-refractivity contribution in [3.63, 3.8) is 0 Å². The van der Waals surface area contributed by atoms with Crippen LogP contribution in [-0.2, 0) is 29.7 Å². The highest BCUT2D eigenvalue weighted by molar-refractivity contribution is 6.19. The SMILES string of the molecule is Cc1cc2cc(n1)-c1cnn(C)c1OCCC[C@@H](C)CN1/C(=N/C2=O)Nc2ccc(CN3CCN(C[C@H]4CCN(c5ccc6c(c5)CN(C5CCC(=O)NC5=O)C6=O)C4)CC3)cc21. The first-order valence-corrected chi connectivity index (χ1v) is 22.4. The zero-order valence-electron chi connectivity index (χ0n) is 36.3. The largest absolute Gasteiger partial charge is 0.477 e. The van der Waals surface area contributed by atoms with Crippen molar-refractivity contribution >= 4 is 46.7 Å². The summed E-state index contributed by atoms with van der Waals surface area (Å²) < 4.78 is 7.98. The van der Waals surface area contributed by atoms with Crippen LogP contribution in [0.15, 0.2) is 59.7 Å². The van der Waals surface area contributed by atoms with Gasteiger partial charge in [0.25, 0.3) is 11.8 Å². The highest BCUT2D eigenvalue weighted by Gasteiger charge is 2.40. The molecule has 4 amide bonds. The van der Waals surface area contributed by atoms with Crippen molar-refractivity contribution < 1.29 is 23.9 Å². The molecule has 1 unspecified atom stereocenters. The van der Waals surface area contributed by atoms with Crippen molar-refractivity contribution in [1.29, 1.82) is 0 Å². The molecule has 16 heteroatoms. The van der Waals surface area contributed by atoms with E-state index in [-0.39, 0.29) is 30.0 Å². The van der Waals surface area contributed by atoms with E-state index in [0.29, 0.717) is 72.3 Å². The molecule has 6 aliphatic rings. The van der Waals surface area contributed by atoms with E-state index in [1.165, 1.54) is 5.56 Å². The number of ether oxygens (including phenoxy) is 1. The zero-order valence-corrected chi connectivity index (χ0v) is 36.3. The lowest BCUT2D eigenvalue weighted by molar-refractivity contribution is -0.136. The second kappa shape index (κ2) is 16.9. The summed E-state index contributed by atoms with van der Waals surface area (Å²) in [6.07, 6.45) is 5.29. The number of hydrogen-bond acceptors (Lipinski definition) is 12. The van der Waals surface area contributed by atoms with E-state index < -0.39 is 6.04 Å². The molecule has 6 aliphatic heterocycles. The number of carbonyl (C=O) groups is 4. The first-order chi connectivity index (χ1) is 30.5. The molecule has 2 aromatic heterocycles. The topological polar surface area (TPSA) is 161 Å². The molecule has 2 bridgehead atoms. The van der Waals surface area contributed by atoms with Gasteiger partial charge in [-0.05, 0) is 98.0 Å². The molecule has 2 aromatic carbocycles. The molecule has 8 heterocycles. The Labute approximate surface area is 367 Å². The number of aliphatic imine (C=N–C) groups is 1. The molecule has 3 fully saturated rings. The number of rotatable bonds is 6. The summed E-state index contributed by atoms with van der Waals surface area (Å²) in [7, 11) is 1.85. The number of nitrogens with one attached hydrogen (secondary N) is 2. The number of hydrogen-bond donors (Lipinski definition) is 2. The lowest BCUT2D eigenvalue weighted by Gasteiger charge is -2.36. The van der Waals surface area contributed by atoms with Gasteiger partial charge in [-0.2, -0.15) is 10.1 Å². The van der Waals surface area contributed by atoms with Crippen LogP contribution in [0.2, 0.25) is 0 Å². The van der Waals surface area contributed by atoms with E-state index in [1.54, 1.807) is 27.9 Å². The molecule has 0 radical (unpaired) electrons. The predicted molar refractivity (Wildman–Crippen MR) is 239 cm³/mol. The van der Waals surface area contributed by atoms with Gasteiger partial charge in [-0.3, -0.25) is 34.4 Å². The number of benzene rings is 2. The fraction of sp³-hybridized carbons (Fsp3) is 0.468. The summed E-state index contributed by atoms with van der Waals surface area (Å²) in [5.74, 6) is 0.932. The Bertz CT molecular complexity index is 2510. The Morgan fingerprint density at radius 3 is 2.56 bits per heavy atom. The van der Waals surface area contributed by atoms with Crippen molar-refractivity contribution in [3.8, 4) is 17.1 Å². The number of anilines is 3. The van der Waals surface area contributed by atoms with Gasteiger partial charge in [0.05, 0.1) is 35.4 Å². The average molecular weight is 854 g/mol. The van der Waals surface area contributed by atoms with E-state index in [9.17, 15) is 19.2 Å². The van der Waals surface area contributed by atoms with Gasteiger partial charge in [-0.25, -0.2) is 4.68 Å². The van der Waals surface area contributed by atoms with E-state index in [2.05, 4.69) is 66.5 Å². The monoisotopic (exact) mass is 853 g/mol. The molecule has 3 saturated heterocycles. The molecule has 63 heavy (non-hydrogen) atoms. The minimum absolute atomic E-state index is 0.134. The Morgan fingerprint density at radius 1 is 0.873 bits per heavy atom. The molecule has 3 atom stereocenters. The van der Waals surface area contributed by atoms with Crippen LogP contribution in [-0.4, -0.2) is 124 Å². The third-order valence-electron chi connectivity index (χ3n) is 13.5. The number of imide groups is 1. The first kappa shape index (κ1) is 40.9. The molecule has 2 N–H and O–H groups in total. The van der Waals surface area contributed by atoms with Crippen LogP contribution in [0, 0.1) is 18.8 Å². The number of aryl methyl sites for hydroxylation is 2. The number of piperidine rings is 1. The molecule has 328 valence electrons. The van der Waals surface area contributed by atoms with E-state index in [4.69, 9.17) is 14.7 Å². The quantitative estimate of drug-likeness (QED) is 0.263. The van der Waals surface area contributed by atoms with Crippen LogP contribution in [0.5, 0.6) is 5.88 Å². The number of guanidine groups is 1. The molecule has 0 spiro atoms. The second-order valence-corrected chi connectivity index (χ2v) is 18.2. The normalized spacial score (nSPS) is 24.1. The maximum absolute atomic E-state index is 13.8. The van der Waals surface area contributed by atoms with Crippen molar-refractivity contribution in [2.75, 3.05) is 74.1 Å². The van der Waals surface area contributed by atoms with E-state index >= 15 is 0 Å². The minimum Gasteiger partial charge on any atom is -0.477 e. The average Bonchev–Trinajstić information content (AvgIpc) is 4.04. The summed E-state index contributed by atoms with van der Waals surface area (Å²) >= 11 is 0. The first-order valence-electron chi connectivity index (χ1n) is 22.4. The fourth-order valence-electron chi connectivity index (χ4n) is 10.2. The lowest BCUT2D eigenvalue weighted by Crippen LogP contribution is -2.52. The van der Waals surface area contributed by atoms with E-state index in [0.717, 1.165) is 99.8 Å². The summed E-state index contributed by atoms with van der Waals surface area (Å²) in [6, 6.07) is 15.6. The number of aromatic nitrogens is 3. The second-order valence-electron chi connectivity index (χ2n) is 18.2. The number of amides is 4. The minimum atomic E-state index is -0.603. The van der Waals surface area contributed by atoms with Crippen molar-refractivity contribution in [3.05, 3.63) is 82.7 Å². The Hall–Kier alpha value is -6.13. The molecule has 4 aromatic rings. The maximum atomic E-state index is 13.8. The van der Waals surface area contributed by atoms with Crippen LogP contribution >= 0.6 is 0 Å². The van der Waals surface area contributed by atoms with Crippen molar-refractivity contribution in [1.82, 2.24) is 34.8 Å². The Balaban J connectivity index is 0.757. The van der Waals surface area contributed by atoms with E-state index in [1.807, 2.05) is 26.1 Å². The molecule has 16 nitrogen and oxygen atoms in total. The fourth-order valence-corrected chi connectivity index (χ4v) is 10.2. The zero-order chi connectivity index (χ0) is 43.4. The van der Waals surface area contributed by atoms with Gasteiger partial charge in [-0.15, -0.1) is 0 Å². The van der Waals surface area contributed by atoms with Crippen LogP contribution in [0.4, 0.5) is 17.1 Å². The van der Waals surface area contributed by atoms with Crippen LogP contribution in [0.25, 0.3) is 11.3 Å². The van der Waals surface area contributed by atoms with Crippen molar-refractivity contribution in [2.24, 2.45) is 23.9 Å². The van der Waals surface area contributed by atoms with Gasteiger partial charge in [0, 0.05) is 101 Å². The van der Waals surface area contributed by atoms with Crippen LogP contribution in [0.3, 0.4) is 0 Å². The third kappa shape index (κ3) is 8.29. The summed E-state index contributed by atoms with van der Waals surface area (Å²) in [5, 5.41) is 10.3. The molecule has 10 rings (SSSR count). The molecular weight excluding hydrogens is 799 g/mol. The third-order valence-corrected chi connectivity index (χ3v) is 13.5.